The van der Waals surface area contributed by atoms with Crippen LogP contribution < -0.4 is 5.59 Å². The minimum Gasteiger partial charge on any atom is -0.465 e. The van der Waals surface area contributed by atoms with Crippen LogP contribution >= 0.6 is 0 Å². The fourth-order valence-corrected chi connectivity index (χ4v) is 1.96. The molecule has 0 N–H and O–H groups in total. The molecule has 1 aromatic rings. The summed E-state index contributed by atoms with van der Waals surface area (Å²) in [6.45, 7) is 9.71. The van der Waals surface area contributed by atoms with Crippen LogP contribution in [0.25, 0.3) is 0 Å². The fraction of sp³-hybridized carbons (Fsp3) is 0.571. The summed E-state index contributed by atoms with van der Waals surface area (Å²) < 4.78 is 16.6. The molecule has 0 saturated carbocycles. The lowest BCUT2D eigenvalue weighted by molar-refractivity contribution is 0.00578. The number of aryl methyl sites for hydroxylation is 1. The molecule has 20 heavy (non-hydrogen) atoms. The summed E-state index contributed by atoms with van der Waals surface area (Å²) in [5.41, 5.74) is 0.949. The first kappa shape index (κ1) is 15.0. The van der Waals surface area contributed by atoms with Crippen LogP contribution in [-0.4, -0.2) is 36.4 Å². The van der Waals surface area contributed by atoms with Crippen LogP contribution in [0.15, 0.2) is 12.3 Å². The summed E-state index contributed by atoms with van der Waals surface area (Å²) in [5, 5.41) is 0. The van der Waals surface area contributed by atoms with Crippen molar-refractivity contribution in [2.45, 2.75) is 45.8 Å². The second kappa shape index (κ2) is 4.86. The number of carbonyl (C=O) groups excluding carboxylic acids is 1. The summed E-state index contributed by atoms with van der Waals surface area (Å²) in [6, 6.07) is 1.67. The molecule has 0 atom stereocenters. The fourth-order valence-electron chi connectivity index (χ4n) is 1.96. The first-order valence-corrected chi connectivity index (χ1v) is 6.58. The van der Waals surface area contributed by atoms with E-state index < -0.39 is 18.3 Å². The smallest absolute Gasteiger partial charge is 0.465 e. The minimum atomic E-state index is -0.580. The highest BCUT2D eigenvalue weighted by molar-refractivity contribution is 6.61. The van der Waals surface area contributed by atoms with Crippen LogP contribution in [0.1, 0.15) is 43.6 Å². The number of nitrogens with zero attached hydrogens (tertiary/aromatic N) is 1. The molecule has 0 bridgehead atoms. The molecule has 108 valence electrons. The van der Waals surface area contributed by atoms with Gasteiger partial charge in [-0.1, -0.05) is 0 Å². The molecule has 6 heteroatoms. The monoisotopic (exact) mass is 277 g/mol. The van der Waals surface area contributed by atoms with Crippen LogP contribution in [0.4, 0.5) is 0 Å². The summed E-state index contributed by atoms with van der Waals surface area (Å²) >= 11 is 0. The van der Waals surface area contributed by atoms with E-state index in [1.54, 1.807) is 12.3 Å². The van der Waals surface area contributed by atoms with Gasteiger partial charge < -0.3 is 14.0 Å². The Balaban J connectivity index is 2.34. The molecule has 2 rings (SSSR count). The Morgan fingerprint density at radius 1 is 1.25 bits per heavy atom. The van der Waals surface area contributed by atoms with Crippen LogP contribution in [-0.2, 0) is 14.0 Å². The minimum absolute atomic E-state index is 0.386. The molecule has 1 fully saturated rings. The second-order valence-electron chi connectivity index (χ2n) is 6.00. The lowest BCUT2D eigenvalue weighted by Crippen LogP contribution is -2.41. The van der Waals surface area contributed by atoms with E-state index in [-0.39, 0.29) is 5.97 Å². The molecule has 2 heterocycles. The normalized spacial score (nSPS) is 20.0. The number of carbonyl (C=O) groups is 1. The van der Waals surface area contributed by atoms with Crippen molar-refractivity contribution in [1.29, 1.82) is 0 Å². The Hall–Kier alpha value is -1.40. The third-order valence-electron chi connectivity index (χ3n) is 4.02. The molecule has 0 radical (unpaired) electrons. The Morgan fingerprint density at radius 3 is 2.30 bits per heavy atom. The van der Waals surface area contributed by atoms with Gasteiger partial charge in [-0.05, 0) is 46.2 Å². The Morgan fingerprint density at radius 2 is 1.80 bits per heavy atom. The van der Waals surface area contributed by atoms with E-state index in [9.17, 15) is 4.79 Å². The van der Waals surface area contributed by atoms with Crippen molar-refractivity contribution in [1.82, 2.24) is 4.98 Å². The van der Waals surface area contributed by atoms with Crippen molar-refractivity contribution in [3.8, 4) is 0 Å². The predicted molar refractivity (Wildman–Crippen MR) is 76.0 cm³/mol. The van der Waals surface area contributed by atoms with Gasteiger partial charge in [0.25, 0.3) is 0 Å². The highest BCUT2D eigenvalue weighted by atomic mass is 16.7. The average molecular weight is 277 g/mol. The third kappa shape index (κ3) is 2.45. The Kier molecular flexibility index (Phi) is 3.65. The van der Waals surface area contributed by atoms with Gasteiger partial charge in [0, 0.05) is 6.20 Å². The van der Waals surface area contributed by atoms with Crippen molar-refractivity contribution in [3.05, 3.63) is 23.4 Å². The molecule has 1 aromatic heterocycles. The number of hydrogen-bond acceptors (Lipinski definition) is 5. The maximum atomic E-state index is 11.7. The van der Waals surface area contributed by atoms with Gasteiger partial charge >= 0.3 is 13.1 Å². The SMILES string of the molecule is COC(=O)c1cc(B2OC(C)(C)C(C)(C)O2)ncc1C. The molecular weight excluding hydrogens is 257 g/mol. The van der Waals surface area contributed by atoms with E-state index in [2.05, 4.69) is 4.98 Å². The van der Waals surface area contributed by atoms with Gasteiger partial charge in [0.15, 0.2) is 0 Å². The molecule has 0 unspecified atom stereocenters. The van der Waals surface area contributed by atoms with Crippen LogP contribution in [0.5, 0.6) is 0 Å². The quantitative estimate of drug-likeness (QED) is 0.605. The van der Waals surface area contributed by atoms with E-state index in [0.29, 0.717) is 11.2 Å². The maximum Gasteiger partial charge on any atom is 0.514 e. The molecule has 1 aliphatic heterocycles. The van der Waals surface area contributed by atoms with Crippen molar-refractivity contribution >= 4 is 18.7 Å². The van der Waals surface area contributed by atoms with Gasteiger partial charge in [-0.2, -0.15) is 0 Å². The first-order chi connectivity index (χ1) is 9.18. The molecule has 1 aliphatic rings. The molecule has 1 saturated heterocycles. The summed E-state index contributed by atoms with van der Waals surface area (Å²) in [4.78, 5) is 16.0. The van der Waals surface area contributed by atoms with E-state index in [1.165, 1.54) is 7.11 Å². The van der Waals surface area contributed by atoms with E-state index >= 15 is 0 Å². The summed E-state index contributed by atoms with van der Waals surface area (Å²) in [5.74, 6) is -0.386. The number of hydrogen-bond donors (Lipinski definition) is 0. The summed E-state index contributed by atoms with van der Waals surface area (Å²) in [6.07, 6.45) is 1.63. The van der Waals surface area contributed by atoms with Crippen molar-refractivity contribution < 1.29 is 18.8 Å². The maximum absolute atomic E-state index is 11.7. The van der Waals surface area contributed by atoms with Gasteiger partial charge in [-0.25, -0.2) is 4.79 Å². The largest absolute Gasteiger partial charge is 0.514 e. The standard InChI is InChI=1S/C14H20BNO4/c1-9-8-16-11(7-10(9)12(17)18-6)15-19-13(2,3)14(4,5)20-15/h7-8H,1-6H3. The molecule has 0 aromatic carbocycles. The van der Waals surface area contributed by atoms with E-state index in [1.807, 2.05) is 34.6 Å². The van der Waals surface area contributed by atoms with Crippen LogP contribution in [0.2, 0.25) is 0 Å². The van der Waals surface area contributed by atoms with Gasteiger partial charge in [0.2, 0.25) is 0 Å². The van der Waals surface area contributed by atoms with Crippen molar-refractivity contribution in [3.63, 3.8) is 0 Å². The van der Waals surface area contributed by atoms with Crippen LogP contribution in [0, 0.1) is 6.92 Å². The molecule has 5 nitrogen and oxygen atoms in total. The first-order valence-electron chi connectivity index (χ1n) is 6.58. The van der Waals surface area contributed by atoms with Crippen LogP contribution in [0.3, 0.4) is 0 Å². The number of pyridine rings is 1. The zero-order valence-corrected chi connectivity index (χ0v) is 12.8. The van der Waals surface area contributed by atoms with Gasteiger partial charge in [0.05, 0.1) is 29.5 Å². The second-order valence-corrected chi connectivity index (χ2v) is 6.00. The average Bonchev–Trinajstić information content (AvgIpc) is 2.58. The summed E-state index contributed by atoms with van der Waals surface area (Å²) in [7, 11) is 0.778. The number of aromatic nitrogens is 1. The highest BCUT2D eigenvalue weighted by Crippen LogP contribution is 2.36. The van der Waals surface area contributed by atoms with E-state index in [0.717, 1.165) is 5.56 Å². The zero-order valence-electron chi connectivity index (χ0n) is 12.8. The molecule has 0 spiro atoms. The lowest BCUT2D eigenvalue weighted by atomic mass is 9.83. The number of rotatable bonds is 2. The van der Waals surface area contributed by atoms with Gasteiger partial charge in [-0.3, -0.25) is 4.98 Å². The Labute approximate surface area is 119 Å². The molecular formula is C14H20BNO4. The number of ether oxygens (including phenoxy) is 1. The number of esters is 1. The number of methoxy groups -OCH3 is 1. The van der Waals surface area contributed by atoms with Crippen molar-refractivity contribution in [2.24, 2.45) is 0 Å². The van der Waals surface area contributed by atoms with Gasteiger partial charge in [0.1, 0.15) is 0 Å². The molecule has 0 amide bonds. The third-order valence-corrected chi connectivity index (χ3v) is 4.02. The zero-order chi connectivity index (χ0) is 15.1. The van der Waals surface area contributed by atoms with Crippen molar-refractivity contribution in [2.75, 3.05) is 7.11 Å². The lowest BCUT2D eigenvalue weighted by Gasteiger charge is -2.32. The predicted octanol–water partition coefficient (Wildman–Crippen LogP) is 1.48. The highest BCUT2D eigenvalue weighted by Gasteiger charge is 2.52. The molecule has 0 aliphatic carbocycles. The Bertz CT molecular complexity index is 526. The van der Waals surface area contributed by atoms with E-state index in [4.69, 9.17) is 14.0 Å². The topological polar surface area (TPSA) is 57.7 Å². The van der Waals surface area contributed by atoms with Gasteiger partial charge in [-0.15, -0.1) is 0 Å².